The average Bonchev–Trinajstić information content (AvgIpc) is 2.40. The molecule has 0 radical (unpaired) electrons. The van der Waals surface area contributed by atoms with Crippen LogP contribution in [0.4, 0.5) is 0 Å². The summed E-state index contributed by atoms with van der Waals surface area (Å²) < 4.78 is 26.2. The Labute approximate surface area is 99.7 Å². The number of aryl methyl sites for hydroxylation is 1. The molecule has 0 spiro atoms. The normalized spacial score (nSPS) is 12.1. The molecule has 0 atom stereocenters. The van der Waals surface area contributed by atoms with Crippen molar-refractivity contribution >= 4 is 16.0 Å². The van der Waals surface area contributed by atoms with Crippen LogP contribution in [0.2, 0.25) is 0 Å². The molecular weight excluding hydrogens is 246 g/mol. The number of hydrogen-bond acceptors (Lipinski definition) is 4. The topological polar surface area (TPSA) is 92.5 Å². The minimum atomic E-state index is -3.60. The van der Waals surface area contributed by atoms with Gasteiger partial charge in [0.05, 0.1) is 11.4 Å². The standard InChI is InChI=1S/C9H15N3O4S/c1-6-9(17(15,16)11(3)4)7(2)12(10-6)5-8(13)14/h5H2,1-4H3,(H,13,14). The molecule has 0 bridgehead atoms. The fourth-order valence-corrected chi connectivity index (χ4v) is 2.78. The van der Waals surface area contributed by atoms with Crippen LogP contribution in [0.3, 0.4) is 0 Å². The second-order valence-electron chi connectivity index (χ2n) is 3.84. The summed E-state index contributed by atoms with van der Waals surface area (Å²) in [6, 6.07) is 0. The SMILES string of the molecule is Cc1nn(CC(=O)O)c(C)c1S(=O)(=O)N(C)C. The zero-order valence-corrected chi connectivity index (χ0v) is 10.9. The number of carboxylic acids is 1. The van der Waals surface area contributed by atoms with Gasteiger partial charge >= 0.3 is 5.97 Å². The van der Waals surface area contributed by atoms with Gasteiger partial charge in [0.15, 0.2) is 0 Å². The van der Waals surface area contributed by atoms with Crippen LogP contribution in [-0.2, 0) is 21.4 Å². The first-order valence-corrected chi connectivity index (χ1v) is 6.30. The second kappa shape index (κ2) is 4.46. The van der Waals surface area contributed by atoms with Gasteiger partial charge in [-0.15, -0.1) is 0 Å². The molecule has 1 aromatic rings. The lowest BCUT2D eigenvalue weighted by Crippen LogP contribution is -2.23. The third-order valence-corrected chi connectivity index (χ3v) is 4.41. The molecule has 0 aliphatic rings. The van der Waals surface area contributed by atoms with Gasteiger partial charge in [-0.2, -0.15) is 5.10 Å². The van der Waals surface area contributed by atoms with E-state index < -0.39 is 16.0 Å². The Morgan fingerprint density at radius 3 is 2.35 bits per heavy atom. The van der Waals surface area contributed by atoms with Gasteiger partial charge in [-0.1, -0.05) is 0 Å². The van der Waals surface area contributed by atoms with Gasteiger partial charge < -0.3 is 5.11 Å². The molecule has 7 nitrogen and oxygen atoms in total. The molecular formula is C9H15N3O4S. The van der Waals surface area contributed by atoms with Crippen LogP contribution in [0, 0.1) is 13.8 Å². The van der Waals surface area contributed by atoms with E-state index in [1.165, 1.54) is 18.8 Å². The van der Waals surface area contributed by atoms with Crippen LogP contribution in [-0.4, -0.2) is 47.7 Å². The van der Waals surface area contributed by atoms with E-state index in [2.05, 4.69) is 5.10 Å². The van der Waals surface area contributed by atoms with Crippen molar-refractivity contribution in [3.8, 4) is 0 Å². The molecule has 0 saturated heterocycles. The van der Waals surface area contributed by atoms with Crippen molar-refractivity contribution in [2.45, 2.75) is 25.3 Å². The van der Waals surface area contributed by atoms with Gasteiger partial charge in [-0.25, -0.2) is 12.7 Å². The van der Waals surface area contributed by atoms with Crippen LogP contribution in [0.5, 0.6) is 0 Å². The fraction of sp³-hybridized carbons (Fsp3) is 0.556. The summed E-state index contributed by atoms with van der Waals surface area (Å²) in [6.07, 6.45) is 0. The lowest BCUT2D eigenvalue weighted by atomic mass is 10.4. The van der Waals surface area contributed by atoms with Crippen LogP contribution < -0.4 is 0 Å². The molecule has 1 heterocycles. The predicted octanol–water partition coefficient (Wildman–Crippen LogP) is -0.165. The van der Waals surface area contributed by atoms with E-state index in [9.17, 15) is 13.2 Å². The molecule has 1 aromatic heterocycles. The highest BCUT2D eigenvalue weighted by Gasteiger charge is 2.26. The largest absolute Gasteiger partial charge is 0.480 e. The summed E-state index contributed by atoms with van der Waals surface area (Å²) in [4.78, 5) is 10.7. The van der Waals surface area contributed by atoms with Crippen LogP contribution >= 0.6 is 0 Å². The van der Waals surface area contributed by atoms with E-state index >= 15 is 0 Å². The average molecular weight is 261 g/mol. The lowest BCUT2D eigenvalue weighted by Gasteiger charge is -2.11. The first-order valence-electron chi connectivity index (χ1n) is 4.86. The van der Waals surface area contributed by atoms with E-state index in [1.807, 2.05) is 0 Å². The van der Waals surface area contributed by atoms with E-state index in [1.54, 1.807) is 13.8 Å². The zero-order valence-electron chi connectivity index (χ0n) is 10.1. The maximum absolute atomic E-state index is 12.0. The first kappa shape index (κ1) is 13.7. The zero-order chi connectivity index (χ0) is 13.4. The van der Waals surface area contributed by atoms with Gasteiger partial charge in [0.1, 0.15) is 11.4 Å². The molecule has 0 aliphatic heterocycles. The smallest absolute Gasteiger partial charge is 0.325 e. The van der Waals surface area contributed by atoms with Gasteiger partial charge in [0.25, 0.3) is 0 Å². The van der Waals surface area contributed by atoms with Crippen molar-refractivity contribution in [1.82, 2.24) is 14.1 Å². The molecule has 1 N–H and O–H groups in total. The molecule has 0 fully saturated rings. The third kappa shape index (κ3) is 2.47. The summed E-state index contributed by atoms with van der Waals surface area (Å²) >= 11 is 0. The Balaban J connectivity index is 3.38. The minimum Gasteiger partial charge on any atom is -0.480 e. The summed E-state index contributed by atoms with van der Waals surface area (Å²) in [7, 11) is -0.757. The van der Waals surface area contributed by atoms with Crippen molar-refractivity contribution < 1.29 is 18.3 Å². The molecule has 17 heavy (non-hydrogen) atoms. The Bertz CT molecular complexity index is 545. The summed E-state index contributed by atoms with van der Waals surface area (Å²) in [5.41, 5.74) is 0.635. The number of carbonyl (C=O) groups is 1. The number of sulfonamides is 1. The predicted molar refractivity (Wildman–Crippen MR) is 60.2 cm³/mol. The van der Waals surface area contributed by atoms with Gasteiger partial charge in [0, 0.05) is 14.1 Å². The van der Waals surface area contributed by atoms with Crippen LogP contribution in [0.1, 0.15) is 11.4 Å². The van der Waals surface area contributed by atoms with E-state index in [0.29, 0.717) is 11.4 Å². The highest BCUT2D eigenvalue weighted by atomic mass is 32.2. The number of nitrogens with zero attached hydrogens (tertiary/aromatic N) is 3. The van der Waals surface area contributed by atoms with Crippen molar-refractivity contribution in [3.63, 3.8) is 0 Å². The monoisotopic (exact) mass is 261 g/mol. The highest BCUT2D eigenvalue weighted by molar-refractivity contribution is 7.89. The van der Waals surface area contributed by atoms with Crippen molar-refractivity contribution in [3.05, 3.63) is 11.4 Å². The number of hydrogen-bond donors (Lipinski definition) is 1. The highest BCUT2D eigenvalue weighted by Crippen LogP contribution is 2.21. The number of rotatable bonds is 4. The molecule has 96 valence electrons. The molecule has 0 amide bonds. The number of aliphatic carboxylic acids is 1. The Hall–Kier alpha value is -1.41. The number of carboxylic acid groups (broad SMARTS) is 1. The minimum absolute atomic E-state index is 0.0729. The Morgan fingerprint density at radius 2 is 1.94 bits per heavy atom. The molecule has 8 heteroatoms. The van der Waals surface area contributed by atoms with Crippen molar-refractivity contribution in [2.75, 3.05) is 14.1 Å². The summed E-state index contributed by atoms with van der Waals surface area (Å²) in [6.45, 7) is 2.73. The van der Waals surface area contributed by atoms with Crippen LogP contribution in [0.15, 0.2) is 4.90 Å². The second-order valence-corrected chi connectivity index (χ2v) is 5.93. The quantitative estimate of drug-likeness (QED) is 0.812. The Morgan fingerprint density at radius 1 is 1.41 bits per heavy atom. The van der Waals surface area contributed by atoms with Gasteiger partial charge in [0.2, 0.25) is 10.0 Å². The Kier molecular flexibility index (Phi) is 3.58. The van der Waals surface area contributed by atoms with E-state index in [-0.39, 0.29) is 11.4 Å². The van der Waals surface area contributed by atoms with E-state index in [4.69, 9.17) is 5.11 Å². The number of aromatic nitrogens is 2. The fourth-order valence-electron chi connectivity index (χ4n) is 1.52. The van der Waals surface area contributed by atoms with Crippen molar-refractivity contribution in [1.29, 1.82) is 0 Å². The third-order valence-electron chi connectivity index (χ3n) is 2.34. The molecule has 0 saturated carbocycles. The summed E-state index contributed by atoms with van der Waals surface area (Å²) in [5, 5.41) is 12.6. The maximum Gasteiger partial charge on any atom is 0.325 e. The molecule has 1 rings (SSSR count). The van der Waals surface area contributed by atoms with Crippen molar-refractivity contribution in [2.24, 2.45) is 0 Å². The molecule has 0 unspecified atom stereocenters. The molecule has 0 aromatic carbocycles. The summed E-state index contributed by atoms with van der Waals surface area (Å²) in [5.74, 6) is -1.07. The van der Waals surface area contributed by atoms with E-state index in [0.717, 1.165) is 4.31 Å². The lowest BCUT2D eigenvalue weighted by molar-refractivity contribution is -0.137. The van der Waals surface area contributed by atoms with Crippen LogP contribution in [0.25, 0.3) is 0 Å². The van der Waals surface area contributed by atoms with Gasteiger partial charge in [-0.05, 0) is 13.8 Å². The maximum atomic E-state index is 12.0. The first-order chi connectivity index (χ1) is 7.67. The van der Waals surface area contributed by atoms with Gasteiger partial charge in [-0.3, -0.25) is 9.48 Å². The molecule has 0 aliphatic carbocycles.